The SMILES string of the molecule is CCO[C@H](C)OCC1CCC(=O)N1[C@H]1c2cc(C#N)ccc2OC(C)(C)[C@@H]1O. The van der Waals surface area contributed by atoms with Crippen LogP contribution in [0.15, 0.2) is 18.2 Å². The highest BCUT2D eigenvalue weighted by atomic mass is 16.7. The molecular formula is C21H28N2O5. The van der Waals surface area contributed by atoms with E-state index in [0.717, 1.165) is 0 Å². The summed E-state index contributed by atoms with van der Waals surface area (Å²) in [5.41, 5.74) is 0.242. The number of hydrogen-bond donors (Lipinski definition) is 1. The Morgan fingerprint density at radius 1 is 1.43 bits per heavy atom. The molecule has 4 atom stereocenters. The maximum Gasteiger partial charge on any atom is 0.223 e. The molecule has 1 unspecified atom stereocenters. The largest absolute Gasteiger partial charge is 0.485 e. The fourth-order valence-corrected chi connectivity index (χ4v) is 3.98. The molecule has 1 aromatic carbocycles. The Morgan fingerprint density at radius 3 is 2.86 bits per heavy atom. The molecule has 3 rings (SSSR count). The van der Waals surface area contributed by atoms with Crippen LogP contribution in [0.4, 0.5) is 0 Å². The quantitative estimate of drug-likeness (QED) is 0.753. The Balaban J connectivity index is 1.94. The first-order valence-electron chi connectivity index (χ1n) is 9.74. The first-order valence-corrected chi connectivity index (χ1v) is 9.74. The Hall–Kier alpha value is -2.14. The van der Waals surface area contributed by atoms with E-state index >= 15 is 0 Å². The third-order valence-electron chi connectivity index (χ3n) is 5.44. The lowest BCUT2D eigenvalue weighted by atomic mass is 9.84. The predicted octanol–water partition coefficient (Wildman–Crippen LogP) is 2.52. The highest BCUT2D eigenvalue weighted by Gasteiger charge is 2.50. The van der Waals surface area contributed by atoms with Crippen LogP contribution in [-0.2, 0) is 14.3 Å². The number of amides is 1. The van der Waals surface area contributed by atoms with Gasteiger partial charge in [-0.1, -0.05) is 0 Å². The maximum atomic E-state index is 12.8. The molecule has 152 valence electrons. The molecule has 1 N–H and O–H groups in total. The van der Waals surface area contributed by atoms with E-state index in [-0.39, 0.29) is 18.2 Å². The molecule has 1 amide bonds. The number of aliphatic hydroxyl groups excluding tert-OH is 1. The van der Waals surface area contributed by atoms with Gasteiger partial charge < -0.3 is 24.2 Å². The van der Waals surface area contributed by atoms with E-state index in [1.165, 1.54) is 0 Å². The Kier molecular flexibility index (Phi) is 5.94. The lowest BCUT2D eigenvalue weighted by Crippen LogP contribution is -2.55. The molecule has 0 aliphatic carbocycles. The molecule has 0 saturated carbocycles. The first kappa shape index (κ1) is 20.6. The fraction of sp³-hybridized carbons (Fsp3) is 0.619. The van der Waals surface area contributed by atoms with Crippen molar-refractivity contribution in [3.63, 3.8) is 0 Å². The van der Waals surface area contributed by atoms with E-state index < -0.39 is 17.7 Å². The number of benzene rings is 1. The number of fused-ring (bicyclic) bond motifs is 1. The van der Waals surface area contributed by atoms with Crippen molar-refractivity contribution in [1.29, 1.82) is 5.26 Å². The van der Waals surface area contributed by atoms with Crippen LogP contribution in [0.3, 0.4) is 0 Å². The van der Waals surface area contributed by atoms with Gasteiger partial charge >= 0.3 is 0 Å². The molecule has 0 radical (unpaired) electrons. The van der Waals surface area contributed by atoms with Crippen molar-refractivity contribution in [3.8, 4) is 11.8 Å². The second kappa shape index (κ2) is 8.08. The maximum absolute atomic E-state index is 12.8. The van der Waals surface area contributed by atoms with Crippen LogP contribution in [0.5, 0.6) is 5.75 Å². The lowest BCUT2D eigenvalue weighted by Gasteiger charge is -2.46. The van der Waals surface area contributed by atoms with Crippen LogP contribution < -0.4 is 4.74 Å². The number of aliphatic hydroxyl groups is 1. The molecule has 0 bridgehead atoms. The summed E-state index contributed by atoms with van der Waals surface area (Å²) in [6.45, 7) is 8.20. The van der Waals surface area contributed by atoms with Crippen LogP contribution in [0.1, 0.15) is 57.7 Å². The van der Waals surface area contributed by atoms with Crippen LogP contribution >= 0.6 is 0 Å². The van der Waals surface area contributed by atoms with Gasteiger partial charge in [0.05, 0.1) is 30.3 Å². The monoisotopic (exact) mass is 388 g/mol. The average molecular weight is 388 g/mol. The van der Waals surface area contributed by atoms with Gasteiger partial charge in [0.1, 0.15) is 17.5 Å². The van der Waals surface area contributed by atoms with Crippen molar-refractivity contribution >= 4 is 5.91 Å². The zero-order chi connectivity index (χ0) is 20.5. The van der Waals surface area contributed by atoms with Crippen LogP contribution in [-0.4, -0.2) is 53.2 Å². The van der Waals surface area contributed by atoms with Gasteiger partial charge in [-0.3, -0.25) is 4.79 Å². The van der Waals surface area contributed by atoms with E-state index in [9.17, 15) is 15.2 Å². The van der Waals surface area contributed by atoms with Gasteiger partial charge in [-0.25, -0.2) is 0 Å². The molecule has 28 heavy (non-hydrogen) atoms. The average Bonchev–Trinajstić information content (AvgIpc) is 3.01. The standard InChI is InChI=1S/C21H28N2O5/c1-5-26-13(2)27-12-15-7-9-18(24)23(15)19-16-10-14(11-22)6-8-17(16)28-21(3,4)20(19)25/h6,8,10,13,15,19-20,25H,5,7,9,12H2,1-4H3/t13-,15?,19-,20+/m0/s1. The minimum atomic E-state index is -0.942. The highest BCUT2D eigenvalue weighted by Crippen LogP contribution is 2.45. The number of ether oxygens (including phenoxy) is 3. The molecule has 2 aliphatic rings. The predicted molar refractivity (Wildman–Crippen MR) is 102 cm³/mol. The van der Waals surface area contributed by atoms with E-state index in [1.54, 1.807) is 36.9 Å². The molecule has 1 saturated heterocycles. The van der Waals surface area contributed by atoms with Gasteiger partial charge in [0.2, 0.25) is 5.91 Å². The lowest BCUT2D eigenvalue weighted by molar-refractivity contribution is -0.157. The van der Waals surface area contributed by atoms with E-state index in [2.05, 4.69) is 6.07 Å². The van der Waals surface area contributed by atoms with Crippen molar-refractivity contribution in [2.24, 2.45) is 0 Å². The van der Waals surface area contributed by atoms with E-state index in [4.69, 9.17) is 14.2 Å². The number of hydrogen-bond acceptors (Lipinski definition) is 6. The summed E-state index contributed by atoms with van der Waals surface area (Å²) in [5, 5.41) is 20.4. The Bertz CT molecular complexity index is 773. The molecule has 1 aromatic rings. The van der Waals surface area contributed by atoms with Gasteiger partial charge in [-0.15, -0.1) is 0 Å². The van der Waals surface area contributed by atoms with Crippen molar-refractivity contribution < 1.29 is 24.1 Å². The second-order valence-corrected chi connectivity index (χ2v) is 7.81. The summed E-state index contributed by atoms with van der Waals surface area (Å²) in [4.78, 5) is 14.5. The minimum absolute atomic E-state index is 0.0345. The van der Waals surface area contributed by atoms with Crippen molar-refractivity contribution in [2.45, 2.75) is 70.6 Å². The van der Waals surface area contributed by atoms with Crippen molar-refractivity contribution in [3.05, 3.63) is 29.3 Å². The summed E-state index contributed by atoms with van der Waals surface area (Å²) >= 11 is 0. The minimum Gasteiger partial charge on any atom is -0.485 e. The normalized spacial score (nSPS) is 27.1. The topological polar surface area (TPSA) is 92.0 Å². The zero-order valence-electron chi connectivity index (χ0n) is 16.8. The molecule has 0 spiro atoms. The van der Waals surface area contributed by atoms with Crippen LogP contribution in [0.25, 0.3) is 0 Å². The Labute approximate surface area is 165 Å². The molecular weight excluding hydrogens is 360 g/mol. The van der Waals surface area contributed by atoms with Crippen LogP contribution in [0, 0.1) is 11.3 Å². The van der Waals surface area contributed by atoms with Gasteiger partial charge in [-0.05, 0) is 52.3 Å². The number of likely N-dealkylation sites (tertiary alicyclic amines) is 1. The third kappa shape index (κ3) is 3.86. The number of carbonyl (C=O) groups excluding carboxylic acids is 1. The van der Waals surface area contributed by atoms with Gasteiger partial charge in [-0.2, -0.15) is 5.26 Å². The molecule has 7 heteroatoms. The van der Waals surface area contributed by atoms with E-state index in [1.807, 2.05) is 13.8 Å². The second-order valence-electron chi connectivity index (χ2n) is 7.81. The summed E-state index contributed by atoms with van der Waals surface area (Å²) in [5.74, 6) is 0.550. The van der Waals surface area contributed by atoms with Crippen molar-refractivity contribution in [2.75, 3.05) is 13.2 Å². The highest BCUT2D eigenvalue weighted by molar-refractivity contribution is 5.79. The zero-order valence-corrected chi connectivity index (χ0v) is 16.8. The molecule has 2 heterocycles. The van der Waals surface area contributed by atoms with Gasteiger partial charge in [0, 0.05) is 18.6 Å². The van der Waals surface area contributed by atoms with E-state index in [0.29, 0.717) is 42.9 Å². The molecule has 7 nitrogen and oxygen atoms in total. The number of nitriles is 1. The van der Waals surface area contributed by atoms with Gasteiger partial charge in [0.25, 0.3) is 0 Å². The van der Waals surface area contributed by atoms with Crippen LogP contribution in [0.2, 0.25) is 0 Å². The smallest absolute Gasteiger partial charge is 0.223 e. The summed E-state index contributed by atoms with van der Waals surface area (Å²) in [6, 6.07) is 6.45. The first-order chi connectivity index (χ1) is 13.3. The number of nitrogens with zero attached hydrogens (tertiary/aromatic N) is 2. The van der Waals surface area contributed by atoms with Gasteiger partial charge in [0.15, 0.2) is 6.29 Å². The summed E-state index contributed by atoms with van der Waals surface area (Å²) < 4.78 is 17.2. The molecule has 2 aliphatic heterocycles. The number of rotatable bonds is 6. The molecule has 1 fully saturated rings. The number of carbonyl (C=O) groups is 1. The fourth-order valence-electron chi connectivity index (χ4n) is 3.98. The van der Waals surface area contributed by atoms with Crippen molar-refractivity contribution in [1.82, 2.24) is 4.90 Å². The third-order valence-corrected chi connectivity index (χ3v) is 5.44. The summed E-state index contributed by atoms with van der Waals surface area (Å²) in [6.07, 6.45) is -0.261. The Morgan fingerprint density at radius 2 is 2.18 bits per heavy atom. The summed E-state index contributed by atoms with van der Waals surface area (Å²) in [7, 11) is 0. The molecule has 0 aromatic heterocycles.